The molecule has 0 aromatic heterocycles. The summed E-state index contributed by atoms with van der Waals surface area (Å²) in [7, 11) is -2.84. The second-order valence-corrected chi connectivity index (χ2v) is 14.0. The van der Waals surface area contributed by atoms with Gasteiger partial charge in [0.05, 0.1) is 30.3 Å². The van der Waals surface area contributed by atoms with Crippen molar-refractivity contribution in [2.45, 2.75) is 16.7 Å². The fraction of sp³-hybridized carbons (Fsp3) is 0.100. The summed E-state index contributed by atoms with van der Waals surface area (Å²) in [4.78, 5) is 27.1. The Morgan fingerprint density at radius 2 is 1.00 bits per heavy atom. The molecular weight excluding hydrogens is 714 g/mol. The van der Waals surface area contributed by atoms with E-state index < -0.39 is 82.4 Å². The van der Waals surface area contributed by atoms with Crippen molar-refractivity contribution in [1.82, 2.24) is 0 Å². The summed E-state index contributed by atoms with van der Waals surface area (Å²) in [5, 5.41) is 30.6. The fourth-order valence-corrected chi connectivity index (χ4v) is 4.05. The van der Waals surface area contributed by atoms with Gasteiger partial charge in [-0.1, -0.05) is 19.1 Å². The van der Waals surface area contributed by atoms with Crippen LogP contribution >= 0.6 is 21.4 Å². The van der Waals surface area contributed by atoms with Crippen LogP contribution in [0.2, 0.25) is 0 Å². The zero-order chi connectivity index (χ0) is 34.6. The summed E-state index contributed by atoms with van der Waals surface area (Å²) in [6.45, 7) is 1.41. The van der Waals surface area contributed by atoms with Crippen LogP contribution in [0.1, 0.15) is 6.92 Å². The van der Waals surface area contributed by atoms with E-state index in [1.54, 1.807) is 0 Å². The van der Waals surface area contributed by atoms with E-state index in [9.17, 15) is 60.3 Å². The van der Waals surface area contributed by atoms with Gasteiger partial charge in [-0.15, -0.1) is 0 Å². The van der Waals surface area contributed by atoms with Gasteiger partial charge in [0.2, 0.25) is 17.5 Å². The molecule has 24 heteroatoms. The molecular formula is C20H16Cl2F3N3O13S3. The molecule has 0 aliphatic rings. The number of hydrogen-bond donors (Lipinski definition) is 1. The van der Waals surface area contributed by atoms with Gasteiger partial charge in [0, 0.05) is 39.6 Å². The van der Waals surface area contributed by atoms with Crippen molar-refractivity contribution in [3.63, 3.8) is 0 Å². The molecule has 3 aromatic carbocycles. The summed E-state index contributed by atoms with van der Waals surface area (Å²) in [5.41, 5.74) is -2.24. The second-order valence-electron chi connectivity index (χ2n) is 7.20. The van der Waals surface area contributed by atoms with Crippen LogP contribution in [0, 0.1) is 47.8 Å². The minimum absolute atomic E-state index is 0.185. The first-order chi connectivity index (χ1) is 19.9. The summed E-state index contributed by atoms with van der Waals surface area (Å²) in [6, 6.07) is 9.61. The van der Waals surface area contributed by atoms with Crippen LogP contribution < -0.4 is 0 Å². The summed E-state index contributed by atoms with van der Waals surface area (Å²) in [5.74, 6) is -3.14. The van der Waals surface area contributed by atoms with Crippen molar-refractivity contribution in [2.75, 3.05) is 5.75 Å². The van der Waals surface area contributed by atoms with Gasteiger partial charge < -0.3 is 0 Å². The summed E-state index contributed by atoms with van der Waals surface area (Å²) < 4.78 is 107. The number of nitrogens with zero attached hydrogens (tertiary/aromatic N) is 3. The Balaban J connectivity index is 0.000000594. The number of hydrogen-bond acceptors (Lipinski definition) is 12. The SMILES string of the molecule is CCS(=O)(=O)c1ccc(F)c([N+](=O)[O-])c1.O=S(=O)(O)Cl.O=[N+]([O-])c1cc(S(=O)(=O)Cl)ccc1F.O=[N+]([O-])c1ccccc1F. The first-order valence-electron chi connectivity index (χ1n) is 10.5. The molecule has 3 aromatic rings. The highest BCUT2D eigenvalue weighted by molar-refractivity contribution is 8.13. The van der Waals surface area contributed by atoms with E-state index >= 15 is 0 Å². The number of nitro groups is 3. The van der Waals surface area contributed by atoms with Crippen molar-refractivity contribution in [2.24, 2.45) is 0 Å². The van der Waals surface area contributed by atoms with Gasteiger partial charge in [-0.2, -0.15) is 21.6 Å². The molecule has 1 N–H and O–H groups in total. The zero-order valence-electron chi connectivity index (χ0n) is 21.3. The van der Waals surface area contributed by atoms with Crippen LogP contribution in [0.15, 0.2) is 70.5 Å². The highest BCUT2D eigenvalue weighted by atomic mass is 35.7. The topological polar surface area (TPSA) is 252 Å². The van der Waals surface area contributed by atoms with Crippen LogP contribution in [0.4, 0.5) is 30.2 Å². The monoisotopic (exact) mass is 729 g/mol. The van der Waals surface area contributed by atoms with Gasteiger partial charge in [-0.3, -0.25) is 34.9 Å². The largest absolute Gasteiger partial charge is 0.353 e. The maximum atomic E-state index is 12.9. The van der Waals surface area contributed by atoms with Gasteiger partial charge in [-0.25, -0.2) is 16.8 Å². The van der Waals surface area contributed by atoms with Crippen molar-refractivity contribution in [3.05, 3.63) is 108 Å². The predicted octanol–water partition coefficient (Wildman–Crippen LogP) is 4.95. The van der Waals surface area contributed by atoms with E-state index in [4.69, 9.17) is 23.7 Å². The third kappa shape index (κ3) is 14.5. The molecule has 0 saturated heterocycles. The van der Waals surface area contributed by atoms with Crippen LogP contribution in [0.5, 0.6) is 0 Å². The number of nitro benzene ring substituents is 3. The van der Waals surface area contributed by atoms with Crippen LogP contribution in [-0.2, 0) is 28.2 Å². The first kappa shape index (κ1) is 40.0. The number of para-hydroxylation sites is 1. The normalized spacial score (nSPS) is 10.9. The molecule has 0 amide bonds. The fourth-order valence-electron chi connectivity index (χ4n) is 2.38. The molecule has 0 unspecified atom stereocenters. The number of benzene rings is 3. The molecule has 0 heterocycles. The van der Waals surface area contributed by atoms with E-state index in [0.717, 1.165) is 36.4 Å². The lowest BCUT2D eigenvalue weighted by Gasteiger charge is -2.01. The number of sulfone groups is 1. The Morgan fingerprint density at radius 1 is 0.659 bits per heavy atom. The van der Waals surface area contributed by atoms with Crippen LogP contribution in [0.25, 0.3) is 0 Å². The van der Waals surface area contributed by atoms with Crippen molar-refractivity contribution < 1.29 is 57.7 Å². The molecule has 242 valence electrons. The van der Waals surface area contributed by atoms with Gasteiger partial charge in [0.1, 0.15) is 0 Å². The standard InChI is InChI=1S/C8H8FNO4S.C6H3ClFNO4S.C6H4FNO2.ClHO3S/c1-2-15(13,14)6-3-4-7(9)8(5-6)10(11)12;7-14(12,13)4-1-2-5(8)6(3-4)9(10)11;7-5-3-1-2-4-6(5)8(9)10;1-5(2,3)4/h3-5H,2H2,1H3;1-3H;1-4H;(H,2,3,4). The minimum atomic E-state index is -4.19. The molecule has 0 radical (unpaired) electrons. The van der Waals surface area contributed by atoms with Gasteiger partial charge in [-0.05, 0) is 30.3 Å². The van der Waals surface area contributed by atoms with E-state index in [-0.39, 0.29) is 10.6 Å². The molecule has 16 nitrogen and oxygen atoms in total. The highest BCUT2D eigenvalue weighted by Crippen LogP contribution is 2.24. The lowest BCUT2D eigenvalue weighted by atomic mass is 10.3. The zero-order valence-corrected chi connectivity index (χ0v) is 25.2. The third-order valence-electron chi connectivity index (χ3n) is 4.30. The Labute approximate surface area is 254 Å². The van der Waals surface area contributed by atoms with Gasteiger partial charge in [0.15, 0.2) is 9.84 Å². The lowest BCUT2D eigenvalue weighted by Crippen LogP contribution is -2.05. The van der Waals surface area contributed by atoms with E-state index in [1.807, 2.05) is 0 Å². The third-order valence-corrected chi connectivity index (χ3v) is 7.38. The Kier molecular flexibility index (Phi) is 15.3. The van der Waals surface area contributed by atoms with Crippen LogP contribution in [-0.4, -0.2) is 50.3 Å². The Morgan fingerprint density at radius 3 is 1.32 bits per heavy atom. The number of halogens is 5. The number of rotatable bonds is 6. The average Bonchev–Trinajstić information content (AvgIpc) is 2.88. The van der Waals surface area contributed by atoms with Crippen LogP contribution in [0.3, 0.4) is 0 Å². The summed E-state index contributed by atoms with van der Waals surface area (Å²) in [6.07, 6.45) is 0. The van der Waals surface area contributed by atoms with Gasteiger partial charge >= 0.3 is 26.4 Å². The smallest absolute Gasteiger partial charge is 0.273 e. The van der Waals surface area contributed by atoms with Crippen molar-refractivity contribution >= 4 is 66.6 Å². The Hall–Kier alpha value is -3.96. The minimum Gasteiger partial charge on any atom is -0.273 e. The second kappa shape index (κ2) is 16.8. The molecule has 3 rings (SSSR count). The molecule has 0 fully saturated rings. The Bertz CT molecular complexity index is 1850. The van der Waals surface area contributed by atoms with Crippen molar-refractivity contribution in [1.29, 1.82) is 0 Å². The van der Waals surface area contributed by atoms with E-state index in [0.29, 0.717) is 12.1 Å². The molecule has 0 saturated carbocycles. The van der Waals surface area contributed by atoms with Gasteiger partial charge in [0.25, 0.3) is 9.05 Å². The molecule has 44 heavy (non-hydrogen) atoms. The van der Waals surface area contributed by atoms with Crippen molar-refractivity contribution in [3.8, 4) is 0 Å². The quantitative estimate of drug-likeness (QED) is 0.116. The lowest BCUT2D eigenvalue weighted by molar-refractivity contribution is -0.387. The maximum Gasteiger partial charge on any atom is 0.353 e. The molecule has 0 atom stereocenters. The summed E-state index contributed by atoms with van der Waals surface area (Å²) >= 11 is 0. The van der Waals surface area contributed by atoms with E-state index in [1.165, 1.54) is 19.1 Å². The average molecular weight is 730 g/mol. The molecule has 0 aliphatic heterocycles. The molecule has 0 spiro atoms. The van der Waals surface area contributed by atoms with E-state index in [2.05, 4.69) is 10.7 Å². The maximum absolute atomic E-state index is 12.9. The molecule has 0 aliphatic carbocycles. The molecule has 0 bridgehead atoms. The first-order valence-corrected chi connectivity index (χ1v) is 16.8. The predicted molar refractivity (Wildman–Crippen MR) is 147 cm³/mol. The highest BCUT2D eigenvalue weighted by Gasteiger charge is 2.21.